The molecule has 0 aliphatic rings. The third kappa shape index (κ3) is 40.8. The van der Waals surface area contributed by atoms with E-state index in [0.717, 1.165) is 77.0 Å². The van der Waals surface area contributed by atoms with Crippen molar-refractivity contribution < 1.29 is 28.6 Å². The first-order chi connectivity index (χ1) is 26.5. The van der Waals surface area contributed by atoms with Gasteiger partial charge in [-0.1, -0.05) is 192 Å². The van der Waals surface area contributed by atoms with Crippen LogP contribution in [-0.4, -0.2) is 37.2 Å². The van der Waals surface area contributed by atoms with E-state index in [2.05, 4.69) is 57.2 Å². The molecule has 1 atom stereocenters. The van der Waals surface area contributed by atoms with Gasteiger partial charge >= 0.3 is 17.9 Å². The lowest BCUT2D eigenvalue weighted by Crippen LogP contribution is -2.30. The van der Waals surface area contributed by atoms with Gasteiger partial charge in [-0.2, -0.15) is 0 Å². The molecule has 0 saturated carbocycles. The van der Waals surface area contributed by atoms with Crippen LogP contribution in [0.25, 0.3) is 0 Å². The van der Waals surface area contributed by atoms with Crippen LogP contribution in [0.1, 0.15) is 233 Å². The molecule has 0 spiro atoms. The molecule has 0 radical (unpaired) electrons. The lowest BCUT2D eigenvalue weighted by atomic mass is 10.1. The molecule has 0 amide bonds. The largest absolute Gasteiger partial charge is 0.462 e. The average molecular weight is 759 g/mol. The van der Waals surface area contributed by atoms with Crippen molar-refractivity contribution >= 4 is 17.9 Å². The Morgan fingerprint density at radius 1 is 0.370 bits per heavy atom. The summed E-state index contributed by atoms with van der Waals surface area (Å²) in [6.45, 7) is 6.53. The van der Waals surface area contributed by atoms with Crippen LogP contribution >= 0.6 is 0 Å². The van der Waals surface area contributed by atoms with Crippen LogP contribution in [0.5, 0.6) is 0 Å². The smallest absolute Gasteiger partial charge is 0.306 e. The van der Waals surface area contributed by atoms with Gasteiger partial charge in [-0.15, -0.1) is 0 Å². The lowest BCUT2D eigenvalue weighted by molar-refractivity contribution is -0.167. The minimum atomic E-state index is -0.768. The SMILES string of the molecule is CCCCCCC/C=C\C/C=C\C/C=C\CCCCCCCCC(=O)OCC(COC(=O)CCCCCCCC)OC(=O)CCCCCCCCCCC. The summed E-state index contributed by atoms with van der Waals surface area (Å²) in [6.07, 6.45) is 48.7. The van der Waals surface area contributed by atoms with Crippen LogP contribution in [0.2, 0.25) is 0 Å². The maximum atomic E-state index is 12.6. The third-order valence-corrected chi connectivity index (χ3v) is 9.90. The van der Waals surface area contributed by atoms with Crippen molar-refractivity contribution in [2.75, 3.05) is 13.2 Å². The summed E-state index contributed by atoms with van der Waals surface area (Å²) < 4.78 is 16.6. The van der Waals surface area contributed by atoms with E-state index in [0.29, 0.717) is 19.3 Å². The molecule has 0 aliphatic carbocycles. The summed E-state index contributed by atoms with van der Waals surface area (Å²) in [5.74, 6) is -0.899. The second kappa shape index (κ2) is 43.4. The van der Waals surface area contributed by atoms with Gasteiger partial charge in [-0.05, 0) is 57.8 Å². The van der Waals surface area contributed by atoms with Crippen LogP contribution in [0, 0.1) is 0 Å². The summed E-state index contributed by atoms with van der Waals surface area (Å²) >= 11 is 0. The first-order valence-electron chi connectivity index (χ1n) is 23.0. The summed E-state index contributed by atoms with van der Waals surface area (Å²) in [7, 11) is 0. The second-order valence-corrected chi connectivity index (χ2v) is 15.3. The van der Waals surface area contributed by atoms with Crippen molar-refractivity contribution in [3.05, 3.63) is 36.5 Å². The summed E-state index contributed by atoms with van der Waals surface area (Å²) in [4.78, 5) is 37.4. The second-order valence-electron chi connectivity index (χ2n) is 15.3. The minimum Gasteiger partial charge on any atom is -0.462 e. The van der Waals surface area contributed by atoms with Gasteiger partial charge in [0.05, 0.1) is 0 Å². The zero-order valence-corrected chi connectivity index (χ0v) is 35.7. The van der Waals surface area contributed by atoms with E-state index in [9.17, 15) is 14.4 Å². The van der Waals surface area contributed by atoms with Gasteiger partial charge in [0, 0.05) is 19.3 Å². The van der Waals surface area contributed by atoms with Crippen LogP contribution in [0.3, 0.4) is 0 Å². The normalized spacial score (nSPS) is 12.3. The topological polar surface area (TPSA) is 78.9 Å². The van der Waals surface area contributed by atoms with Crippen LogP contribution < -0.4 is 0 Å². The van der Waals surface area contributed by atoms with Gasteiger partial charge in [0.1, 0.15) is 13.2 Å². The molecule has 314 valence electrons. The minimum absolute atomic E-state index is 0.0751. The average Bonchev–Trinajstić information content (AvgIpc) is 3.17. The maximum absolute atomic E-state index is 12.6. The number of carbonyl (C=O) groups is 3. The highest BCUT2D eigenvalue weighted by molar-refractivity contribution is 5.71. The Hall–Kier alpha value is -2.37. The number of allylic oxidation sites excluding steroid dienone is 6. The molecule has 1 unspecified atom stereocenters. The van der Waals surface area contributed by atoms with Crippen LogP contribution in [0.4, 0.5) is 0 Å². The predicted octanol–water partition coefficient (Wildman–Crippen LogP) is 14.6. The zero-order valence-electron chi connectivity index (χ0n) is 35.7. The fourth-order valence-electron chi connectivity index (χ4n) is 6.39. The molecule has 0 aromatic heterocycles. The highest BCUT2D eigenvalue weighted by atomic mass is 16.6. The molecule has 0 saturated heterocycles. The van der Waals surface area contributed by atoms with Gasteiger partial charge in [-0.3, -0.25) is 14.4 Å². The van der Waals surface area contributed by atoms with Gasteiger partial charge < -0.3 is 14.2 Å². The first-order valence-corrected chi connectivity index (χ1v) is 23.0. The number of rotatable bonds is 41. The summed E-state index contributed by atoms with van der Waals surface area (Å²) in [5, 5.41) is 0. The number of esters is 3. The third-order valence-electron chi connectivity index (χ3n) is 9.90. The molecule has 0 rings (SSSR count). The Bertz CT molecular complexity index is 922. The number of hydrogen-bond donors (Lipinski definition) is 0. The van der Waals surface area contributed by atoms with Crippen molar-refractivity contribution in [3.63, 3.8) is 0 Å². The predicted molar refractivity (Wildman–Crippen MR) is 229 cm³/mol. The Morgan fingerprint density at radius 2 is 0.667 bits per heavy atom. The first kappa shape index (κ1) is 51.6. The van der Waals surface area contributed by atoms with Crippen molar-refractivity contribution in [1.29, 1.82) is 0 Å². The molecule has 6 heteroatoms. The van der Waals surface area contributed by atoms with Crippen molar-refractivity contribution in [1.82, 2.24) is 0 Å². The van der Waals surface area contributed by atoms with Crippen LogP contribution in [0.15, 0.2) is 36.5 Å². The zero-order chi connectivity index (χ0) is 39.4. The molecule has 0 fully saturated rings. The Morgan fingerprint density at radius 3 is 1.04 bits per heavy atom. The summed E-state index contributed by atoms with van der Waals surface area (Å²) in [6, 6.07) is 0. The molecule has 0 aromatic rings. The molecule has 6 nitrogen and oxygen atoms in total. The summed E-state index contributed by atoms with van der Waals surface area (Å²) in [5.41, 5.74) is 0. The fraction of sp³-hybridized carbons (Fsp3) is 0.812. The monoisotopic (exact) mass is 759 g/mol. The van der Waals surface area contributed by atoms with Crippen molar-refractivity contribution in [2.45, 2.75) is 239 Å². The quantitative estimate of drug-likeness (QED) is 0.0267. The van der Waals surface area contributed by atoms with E-state index in [4.69, 9.17) is 14.2 Å². The lowest BCUT2D eigenvalue weighted by Gasteiger charge is -2.18. The molecular weight excluding hydrogens is 673 g/mol. The van der Waals surface area contributed by atoms with E-state index < -0.39 is 6.10 Å². The Kier molecular flexibility index (Phi) is 41.5. The molecule has 0 N–H and O–H groups in total. The fourth-order valence-corrected chi connectivity index (χ4v) is 6.39. The van der Waals surface area contributed by atoms with E-state index >= 15 is 0 Å². The van der Waals surface area contributed by atoms with E-state index in [1.807, 2.05) is 0 Å². The number of hydrogen-bond acceptors (Lipinski definition) is 6. The molecular formula is C48H86O6. The Balaban J connectivity index is 4.18. The van der Waals surface area contributed by atoms with E-state index in [1.54, 1.807) is 0 Å². The van der Waals surface area contributed by atoms with Gasteiger partial charge in [0.2, 0.25) is 0 Å². The van der Waals surface area contributed by atoms with E-state index in [-0.39, 0.29) is 31.1 Å². The molecule has 0 aromatic carbocycles. The van der Waals surface area contributed by atoms with Crippen molar-refractivity contribution in [2.24, 2.45) is 0 Å². The van der Waals surface area contributed by atoms with Gasteiger partial charge in [0.25, 0.3) is 0 Å². The van der Waals surface area contributed by atoms with Gasteiger partial charge in [0.15, 0.2) is 6.10 Å². The van der Waals surface area contributed by atoms with Crippen molar-refractivity contribution in [3.8, 4) is 0 Å². The highest BCUT2D eigenvalue weighted by Crippen LogP contribution is 2.14. The molecule has 0 aliphatic heterocycles. The molecule has 54 heavy (non-hydrogen) atoms. The van der Waals surface area contributed by atoms with Crippen LogP contribution in [-0.2, 0) is 28.6 Å². The number of carbonyl (C=O) groups excluding carboxylic acids is 3. The Labute approximate surface area is 334 Å². The maximum Gasteiger partial charge on any atom is 0.306 e. The number of unbranched alkanes of at least 4 members (excludes halogenated alkanes) is 24. The highest BCUT2D eigenvalue weighted by Gasteiger charge is 2.19. The number of ether oxygens (including phenoxy) is 3. The molecule has 0 heterocycles. The van der Waals surface area contributed by atoms with E-state index in [1.165, 1.54) is 116 Å². The van der Waals surface area contributed by atoms with Gasteiger partial charge in [-0.25, -0.2) is 0 Å². The molecule has 0 bridgehead atoms. The standard InChI is InChI=1S/C48H86O6/c1-4-7-10-13-16-18-19-20-21-22-23-24-25-26-27-28-29-31-32-35-38-41-47(50)53-44-45(43-52-46(49)40-37-34-15-12-9-6-3)54-48(51)42-39-36-33-30-17-14-11-8-5-2/h19-20,22-23,25-26,45H,4-18,21,24,27-44H2,1-3H3/b20-19-,23-22-,26-25-.